The molecule has 7 heteroatoms. The molecule has 0 bridgehead atoms. The Balaban J connectivity index is 4.44. The molecular weight excluding hydrogens is 485 g/mol. The van der Waals surface area contributed by atoms with Crippen molar-refractivity contribution in [2.45, 2.75) is 78.6 Å². The van der Waals surface area contributed by atoms with E-state index >= 15 is 0 Å². The van der Waals surface area contributed by atoms with Crippen LogP contribution in [-0.4, -0.2) is 41.0 Å². The van der Waals surface area contributed by atoms with Gasteiger partial charge in [-0.3, -0.25) is 0 Å². The standard InChI is InChI=1S/3C5H10O2.Bi/c3*1-2-3-4-5(6)7;/h3*2-4H2,1H3,(H,6,7);/q;;;+3/p-3. The Morgan fingerprint density at radius 2 is 0.909 bits per heavy atom. The van der Waals surface area contributed by atoms with Gasteiger partial charge < -0.3 is 0 Å². The minimum atomic E-state index is -3.79. The van der Waals surface area contributed by atoms with Gasteiger partial charge in [0.05, 0.1) is 0 Å². The number of rotatable bonds is 12. The number of hydrogen-bond acceptors (Lipinski definition) is 6. The summed E-state index contributed by atoms with van der Waals surface area (Å²) in [5.41, 5.74) is 0. The Labute approximate surface area is 142 Å². The van der Waals surface area contributed by atoms with Crippen molar-refractivity contribution in [1.29, 1.82) is 0 Å². The summed E-state index contributed by atoms with van der Waals surface area (Å²) in [7, 11) is 0. The van der Waals surface area contributed by atoms with Gasteiger partial charge in [-0.2, -0.15) is 0 Å². The fourth-order valence-corrected chi connectivity index (χ4v) is 4.84. The van der Waals surface area contributed by atoms with Gasteiger partial charge in [0.2, 0.25) is 0 Å². The van der Waals surface area contributed by atoms with Gasteiger partial charge in [0.1, 0.15) is 0 Å². The second kappa shape index (κ2) is 13.9. The summed E-state index contributed by atoms with van der Waals surface area (Å²) in [6.45, 7) is 5.88. The van der Waals surface area contributed by atoms with E-state index in [1.54, 1.807) is 0 Å². The molecule has 0 radical (unpaired) electrons. The molecule has 0 aromatic heterocycles. The van der Waals surface area contributed by atoms with E-state index in [2.05, 4.69) is 0 Å². The van der Waals surface area contributed by atoms with Crippen molar-refractivity contribution in [1.82, 2.24) is 0 Å². The van der Waals surface area contributed by atoms with Gasteiger partial charge in [0, 0.05) is 0 Å². The van der Waals surface area contributed by atoms with E-state index in [4.69, 9.17) is 8.44 Å². The SMILES string of the molecule is CCCCC(=O)[O][Bi]([O]C(=O)CCCC)[O]C(=O)CCCC. The zero-order valence-electron chi connectivity index (χ0n) is 13.8. The van der Waals surface area contributed by atoms with Gasteiger partial charge >= 0.3 is 142 Å². The molecule has 0 aliphatic carbocycles. The van der Waals surface area contributed by atoms with Crippen molar-refractivity contribution in [2.75, 3.05) is 0 Å². The van der Waals surface area contributed by atoms with Crippen LogP contribution in [0.1, 0.15) is 78.6 Å². The topological polar surface area (TPSA) is 78.9 Å². The quantitative estimate of drug-likeness (QED) is 0.374. The number of hydrogen-bond donors (Lipinski definition) is 0. The van der Waals surface area contributed by atoms with E-state index < -0.39 is 41.0 Å². The van der Waals surface area contributed by atoms with Crippen LogP contribution in [0.25, 0.3) is 0 Å². The van der Waals surface area contributed by atoms with Gasteiger partial charge in [-0.15, -0.1) is 0 Å². The van der Waals surface area contributed by atoms with Gasteiger partial charge in [-0.05, 0) is 0 Å². The molecule has 0 amide bonds. The molecule has 0 unspecified atom stereocenters. The van der Waals surface area contributed by atoms with Gasteiger partial charge in [-0.1, -0.05) is 0 Å². The van der Waals surface area contributed by atoms with Gasteiger partial charge in [0.15, 0.2) is 0 Å². The monoisotopic (exact) mass is 512 g/mol. The molecule has 128 valence electrons. The first-order valence-electron chi connectivity index (χ1n) is 7.95. The summed E-state index contributed by atoms with van der Waals surface area (Å²) in [4.78, 5) is 34.9. The predicted octanol–water partition coefficient (Wildman–Crippen LogP) is 3.17. The third kappa shape index (κ3) is 11.9. The molecule has 0 rings (SSSR count). The Morgan fingerprint density at radius 3 is 1.14 bits per heavy atom. The minimum absolute atomic E-state index is 0.251. The molecule has 0 aliphatic heterocycles. The van der Waals surface area contributed by atoms with Crippen LogP contribution in [0.15, 0.2) is 0 Å². The molecule has 0 aromatic rings. The van der Waals surface area contributed by atoms with Crippen molar-refractivity contribution in [3.63, 3.8) is 0 Å². The van der Waals surface area contributed by atoms with Crippen molar-refractivity contribution < 1.29 is 22.8 Å². The van der Waals surface area contributed by atoms with Crippen LogP contribution < -0.4 is 0 Å². The summed E-state index contributed by atoms with van der Waals surface area (Å²) >= 11 is -3.79. The van der Waals surface area contributed by atoms with Crippen LogP contribution in [0, 0.1) is 0 Å². The number of unbranched alkanes of at least 4 members (excludes halogenated alkanes) is 3. The number of carbonyl (C=O) groups is 3. The Hall–Kier alpha value is -0.707. The van der Waals surface area contributed by atoms with E-state index in [0.29, 0.717) is 19.3 Å². The first-order valence-corrected chi connectivity index (χ1v) is 12.2. The van der Waals surface area contributed by atoms with Gasteiger partial charge in [0.25, 0.3) is 0 Å². The summed E-state index contributed by atoms with van der Waals surface area (Å²) in [6.07, 6.45) is 5.44. The molecule has 6 nitrogen and oxygen atoms in total. The van der Waals surface area contributed by atoms with Crippen molar-refractivity contribution in [2.24, 2.45) is 0 Å². The maximum absolute atomic E-state index is 11.6. The van der Waals surface area contributed by atoms with E-state index in [0.717, 1.165) is 19.3 Å². The van der Waals surface area contributed by atoms with E-state index in [1.165, 1.54) is 0 Å². The molecule has 0 spiro atoms. The summed E-state index contributed by atoms with van der Waals surface area (Å²) < 4.78 is 15.4. The van der Waals surface area contributed by atoms with E-state index in [9.17, 15) is 14.4 Å². The molecule has 0 N–H and O–H groups in total. The van der Waals surface area contributed by atoms with E-state index in [1.807, 2.05) is 20.8 Å². The summed E-state index contributed by atoms with van der Waals surface area (Å²) in [5.74, 6) is -1.36. The summed E-state index contributed by atoms with van der Waals surface area (Å²) in [6, 6.07) is 0. The molecule has 0 aliphatic rings. The average Bonchev–Trinajstić information content (AvgIpc) is 2.48. The van der Waals surface area contributed by atoms with E-state index in [-0.39, 0.29) is 19.3 Å². The molecule has 0 heterocycles. The first-order chi connectivity index (χ1) is 10.5. The Kier molecular flexibility index (Phi) is 13.5. The molecule has 0 atom stereocenters. The number of carbonyl (C=O) groups excluding carboxylic acids is 3. The molecule has 22 heavy (non-hydrogen) atoms. The third-order valence-electron chi connectivity index (χ3n) is 2.73. The van der Waals surface area contributed by atoms with Crippen LogP contribution in [0.4, 0.5) is 0 Å². The maximum atomic E-state index is 11.6. The van der Waals surface area contributed by atoms with Crippen LogP contribution in [0.5, 0.6) is 0 Å². The average molecular weight is 512 g/mol. The second-order valence-electron chi connectivity index (χ2n) is 4.92. The van der Waals surface area contributed by atoms with Crippen molar-refractivity contribution >= 4 is 41.0 Å². The zero-order valence-corrected chi connectivity index (χ0v) is 17.2. The molecular formula is C15H27BiO6. The Bertz CT molecular complexity index is 293. The predicted molar refractivity (Wildman–Crippen MR) is 82.6 cm³/mol. The summed E-state index contributed by atoms with van der Waals surface area (Å²) in [5, 5.41) is 0. The van der Waals surface area contributed by atoms with Crippen LogP contribution in [0.2, 0.25) is 0 Å². The van der Waals surface area contributed by atoms with Crippen molar-refractivity contribution in [3.8, 4) is 0 Å². The Morgan fingerprint density at radius 1 is 0.636 bits per heavy atom. The fourth-order valence-electron chi connectivity index (χ4n) is 1.41. The first kappa shape index (κ1) is 21.3. The second-order valence-corrected chi connectivity index (χ2v) is 8.79. The molecule has 0 aromatic carbocycles. The zero-order chi connectivity index (χ0) is 16.8. The van der Waals surface area contributed by atoms with Crippen LogP contribution in [0.3, 0.4) is 0 Å². The van der Waals surface area contributed by atoms with Gasteiger partial charge in [-0.25, -0.2) is 0 Å². The molecule has 0 saturated carbocycles. The fraction of sp³-hybridized carbons (Fsp3) is 0.800. The molecule has 0 fully saturated rings. The van der Waals surface area contributed by atoms with Crippen LogP contribution >= 0.6 is 0 Å². The third-order valence-corrected chi connectivity index (χ3v) is 6.85. The van der Waals surface area contributed by atoms with Crippen LogP contribution in [-0.2, 0) is 22.8 Å². The molecule has 0 saturated heterocycles. The van der Waals surface area contributed by atoms with Crippen molar-refractivity contribution in [3.05, 3.63) is 0 Å². The normalized spacial score (nSPS) is 10.4.